The molecule has 1 aromatic carbocycles. The Morgan fingerprint density at radius 1 is 1.32 bits per heavy atom. The Morgan fingerprint density at radius 2 is 2.16 bits per heavy atom. The lowest BCUT2D eigenvalue weighted by Crippen LogP contribution is -2.34. The first kappa shape index (κ1) is 12.7. The molecule has 1 aliphatic rings. The molecule has 0 bridgehead atoms. The largest absolute Gasteiger partial charge is 0.347 e. The molecule has 2 aromatic rings. The van der Waals surface area contributed by atoms with Crippen LogP contribution in [0.5, 0.6) is 0 Å². The zero-order valence-corrected chi connectivity index (χ0v) is 11.7. The molecule has 0 radical (unpaired) electrons. The maximum Gasteiger partial charge on any atom is 0.0483 e. The SMILES string of the molecule is CCn1cc(CN2CCCC2CN)c2ccccc21. The molecular formula is C16H23N3. The van der Waals surface area contributed by atoms with Crippen LogP contribution in [-0.2, 0) is 13.1 Å². The monoisotopic (exact) mass is 257 g/mol. The third-order valence-corrected chi connectivity index (χ3v) is 4.36. The van der Waals surface area contributed by atoms with Crippen LogP contribution in [0.1, 0.15) is 25.3 Å². The summed E-state index contributed by atoms with van der Waals surface area (Å²) in [6, 6.07) is 9.29. The van der Waals surface area contributed by atoms with E-state index in [2.05, 4.69) is 46.9 Å². The second-order valence-corrected chi connectivity index (χ2v) is 5.46. The van der Waals surface area contributed by atoms with Crippen LogP contribution >= 0.6 is 0 Å². The Bertz CT molecular complexity index is 558. The molecule has 0 saturated carbocycles. The summed E-state index contributed by atoms with van der Waals surface area (Å²) in [5, 5.41) is 1.40. The molecule has 1 atom stereocenters. The second-order valence-electron chi connectivity index (χ2n) is 5.46. The molecule has 3 heteroatoms. The van der Waals surface area contributed by atoms with Crippen molar-refractivity contribution in [2.24, 2.45) is 5.73 Å². The Labute approximate surface area is 115 Å². The maximum absolute atomic E-state index is 5.88. The lowest BCUT2D eigenvalue weighted by molar-refractivity contribution is 0.251. The van der Waals surface area contributed by atoms with Crippen LogP contribution in [-0.4, -0.2) is 28.6 Å². The van der Waals surface area contributed by atoms with Crippen LogP contribution in [0.2, 0.25) is 0 Å². The highest BCUT2D eigenvalue weighted by atomic mass is 15.2. The van der Waals surface area contributed by atoms with Crippen LogP contribution in [0.4, 0.5) is 0 Å². The van der Waals surface area contributed by atoms with Crippen molar-refractivity contribution >= 4 is 10.9 Å². The molecule has 0 aliphatic carbocycles. The zero-order valence-electron chi connectivity index (χ0n) is 11.7. The molecule has 1 aromatic heterocycles. The van der Waals surface area contributed by atoms with Crippen molar-refractivity contribution in [3.63, 3.8) is 0 Å². The predicted molar refractivity (Wildman–Crippen MR) is 80.1 cm³/mol. The predicted octanol–water partition coefficient (Wildman–Crippen LogP) is 2.58. The van der Waals surface area contributed by atoms with Gasteiger partial charge in [-0.05, 0) is 37.9 Å². The summed E-state index contributed by atoms with van der Waals surface area (Å²) in [4.78, 5) is 2.54. The van der Waals surface area contributed by atoms with E-state index >= 15 is 0 Å². The van der Waals surface area contributed by atoms with Crippen molar-refractivity contribution in [2.45, 2.75) is 38.9 Å². The fourth-order valence-corrected chi connectivity index (χ4v) is 3.30. The van der Waals surface area contributed by atoms with E-state index in [1.165, 1.54) is 35.9 Å². The van der Waals surface area contributed by atoms with Crippen molar-refractivity contribution in [2.75, 3.05) is 13.1 Å². The standard InChI is InChI=1S/C16H23N3/c1-2-18-11-13(15-7-3-4-8-16(15)18)12-19-9-5-6-14(19)10-17/h3-4,7-8,11,14H,2,5-6,9-10,12,17H2,1H3. The normalized spacial score (nSPS) is 20.4. The number of aryl methyl sites for hydroxylation is 1. The van der Waals surface area contributed by atoms with Crippen molar-refractivity contribution < 1.29 is 0 Å². The Balaban J connectivity index is 1.92. The smallest absolute Gasteiger partial charge is 0.0483 e. The highest BCUT2D eigenvalue weighted by Gasteiger charge is 2.24. The number of aromatic nitrogens is 1. The van der Waals surface area contributed by atoms with Gasteiger partial charge in [0.05, 0.1) is 0 Å². The van der Waals surface area contributed by atoms with Gasteiger partial charge < -0.3 is 10.3 Å². The van der Waals surface area contributed by atoms with Gasteiger partial charge >= 0.3 is 0 Å². The van der Waals surface area contributed by atoms with Crippen molar-refractivity contribution in [3.05, 3.63) is 36.0 Å². The van der Waals surface area contributed by atoms with Gasteiger partial charge in [-0.2, -0.15) is 0 Å². The quantitative estimate of drug-likeness (QED) is 0.913. The zero-order chi connectivity index (χ0) is 13.2. The molecular weight excluding hydrogens is 234 g/mol. The Kier molecular flexibility index (Phi) is 3.58. The molecule has 3 nitrogen and oxygen atoms in total. The minimum absolute atomic E-state index is 0.573. The summed E-state index contributed by atoms with van der Waals surface area (Å²) in [5.74, 6) is 0. The summed E-state index contributed by atoms with van der Waals surface area (Å²) in [7, 11) is 0. The summed E-state index contributed by atoms with van der Waals surface area (Å²) >= 11 is 0. The van der Waals surface area contributed by atoms with Crippen molar-refractivity contribution in [1.82, 2.24) is 9.47 Å². The van der Waals surface area contributed by atoms with E-state index in [0.29, 0.717) is 6.04 Å². The Morgan fingerprint density at radius 3 is 2.95 bits per heavy atom. The molecule has 1 unspecified atom stereocenters. The van der Waals surface area contributed by atoms with Gasteiger partial charge in [0, 0.05) is 42.8 Å². The van der Waals surface area contributed by atoms with E-state index in [0.717, 1.165) is 19.6 Å². The third-order valence-electron chi connectivity index (χ3n) is 4.36. The molecule has 2 N–H and O–H groups in total. The highest BCUT2D eigenvalue weighted by Crippen LogP contribution is 2.25. The Hall–Kier alpha value is -1.32. The van der Waals surface area contributed by atoms with E-state index in [-0.39, 0.29) is 0 Å². The first-order valence-corrected chi connectivity index (χ1v) is 7.34. The number of rotatable bonds is 4. The van der Waals surface area contributed by atoms with Crippen LogP contribution < -0.4 is 5.73 Å². The summed E-state index contributed by atoms with van der Waals surface area (Å²) < 4.78 is 2.35. The van der Waals surface area contributed by atoms with Gasteiger partial charge in [0.25, 0.3) is 0 Å². The minimum Gasteiger partial charge on any atom is -0.347 e. The van der Waals surface area contributed by atoms with Gasteiger partial charge in [0.2, 0.25) is 0 Å². The van der Waals surface area contributed by atoms with Gasteiger partial charge in [-0.25, -0.2) is 0 Å². The number of fused-ring (bicyclic) bond motifs is 1. The fraction of sp³-hybridized carbons (Fsp3) is 0.500. The molecule has 102 valence electrons. The fourth-order valence-electron chi connectivity index (χ4n) is 3.30. The number of likely N-dealkylation sites (tertiary alicyclic amines) is 1. The summed E-state index contributed by atoms with van der Waals surface area (Å²) in [6.45, 7) is 6.24. The highest BCUT2D eigenvalue weighted by molar-refractivity contribution is 5.83. The number of nitrogens with zero attached hydrogens (tertiary/aromatic N) is 2. The average Bonchev–Trinajstić information content (AvgIpc) is 3.04. The first-order valence-electron chi connectivity index (χ1n) is 7.34. The van der Waals surface area contributed by atoms with Gasteiger partial charge in [-0.15, -0.1) is 0 Å². The first-order chi connectivity index (χ1) is 9.33. The molecule has 0 amide bonds. The van der Waals surface area contributed by atoms with Gasteiger partial charge in [0.1, 0.15) is 0 Å². The average molecular weight is 257 g/mol. The molecule has 2 heterocycles. The van der Waals surface area contributed by atoms with Crippen LogP contribution in [0.25, 0.3) is 10.9 Å². The molecule has 1 aliphatic heterocycles. The van der Waals surface area contributed by atoms with Gasteiger partial charge in [-0.1, -0.05) is 18.2 Å². The number of para-hydroxylation sites is 1. The van der Waals surface area contributed by atoms with E-state index in [9.17, 15) is 0 Å². The lowest BCUT2D eigenvalue weighted by atomic mass is 10.1. The van der Waals surface area contributed by atoms with Crippen LogP contribution in [0, 0.1) is 0 Å². The molecule has 3 rings (SSSR count). The van der Waals surface area contributed by atoms with E-state index in [1.807, 2.05) is 0 Å². The molecule has 19 heavy (non-hydrogen) atoms. The molecule has 1 saturated heterocycles. The lowest BCUT2D eigenvalue weighted by Gasteiger charge is -2.22. The number of benzene rings is 1. The van der Waals surface area contributed by atoms with E-state index in [4.69, 9.17) is 5.73 Å². The van der Waals surface area contributed by atoms with Crippen LogP contribution in [0.3, 0.4) is 0 Å². The van der Waals surface area contributed by atoms with Crippen molar-refractivity contribution in [3.8, 4) is 0 Å². The minimum atomic E-state index is 0.573. The van der Waals surface area contributed by atoms with Gasteiger partial charge in [0.15, 0.2) is 0 Å². The molecule has 1 fully saturated rings. The van der Waals surface area contributed by atoms with E-state index in [1.54, 1.807) is 0 Å². The summed E-state index contributed by atoms with van der Waals surface area (Å²) in [6.07, 6.45) is 4.85. The number of hydrogen-bond acceptors (Lipinski definition) is 2. The second kappa shape index (κ2) is 5.35. The third kappa shape index (κ3) is 2.28. The van der Waals surface area contributed by atoms with E-state index < -0.39 is 0 Å². The van der Waals surface area contributed by atoms with Crippen LogP contribution in [0.15, 0.2) is 30.5 Å². The topological polar surface area (TPSA) is 34.2 Å². The molecule has 0 spiro atoms. The number of nitrogens with two attached hydrogens (primary N) is 1. The summed E-state index contributed by atoms with van der Waals surface area (Å²) in [5.41, 5.74) is 8.67. The van der Waals surface area contributed by atoms with Gasteiger partial charge in [-0.3, -0.25) is 4.90 Å². The van der Waals surface area contributed by atoms with Crippen molar-refractivity contribution in [1.29, 1.82) is 0 Å². The maximum atomic E-state index is 5.88. The number of hydrogen-bond donors (Lipinski definition) is 1.